The van der Waals surface area contributed by atoms with Crippen molar-refractivity contribution in [3.8, 4) is 0 Å². The van der Waals surface area contributed by atoms with E-state index in [1.165, 1.54) is 12.8 Å². The summed E-state index contributed by atoms with van der Waals surface area (Å²) in [5.74, 6) is 0.737. The quantitative estimate of drug-likeness (QED) is 0.811. The van der Waals surface area contributed by atoms with Crippen LogP contribution >= 0.6 is 15.9 Å². The molecule has 1 aliphatic rings. The standard InChI is InChI=1S/C18H25BrN4O/c1-23(9-10-24-2)16-6-4-15(5-7-16)21-18-20-12-13-11-14(19)3-8-17(13)22-18/h3,8,11-12,15-16H,4-7,9-10H2,1-2H3,(H,20,21,22). The maximum atomic E-state index is 5.17. The number of methoxy groups -OCH3 is 1. The molecule has 0 atom stereocenters. The fourth-order valence-corrected chi connectivity index (χ4v) is 3.71. The van der Waals surface area contributed by atoms with E-state index >= 15 is 0 Å². The molecule has 3 rings (SSSR count). The molecule has 0 radical (unpaired) electrons. The number of likely N-dealkylation sites (N-methyl/N-ethyl adjacent to an activating group) is 1. The number of fused-ring (bicyclic) bond motifs is 1. The first-order chi connectivity index (χ1) is 11.7. The van der Waals surface area contributed by atoms with E-state index in [1.54, 1.807) is 7.11 Å². The monoisotopic (exact) mass is 392 g/mol. The van der Waals surface area contributed by atoms with E-state index in [0.29, 0.717) is 12.1 Å². The molecular formula is C18H25BrN4O. The van der Waals surface area contributed by atoms with Gasteiger partial charge in [-0.15, -0.1) is 0 Å². The van der Waals surface area contributed by atoms with E-state index in [2.05, 4.69) is 43.2 Å². The minimum atomic E-state index is 0.463. The summed E-state index contributed by atoms with van der Waals surface area (Å²) < 4.78 is 6.22. The lowest BCUT2D eigenvalue weighted by molar-refractivity contribution is 0.121. The predicted molar refractivity (Wildman–Crippen MR) is 101 cm³/mol. The molecule has 0 spiro atoms. The normalized spacial score (nSPS) is 21.3. The van der Waals surface area contributed by atoms with Crippen LogP contribution in [-0.2, 0) is 4.74 Å². The zero-order valence-corrected chi connectivity index (χ0v) is 15.9. The van der Waals surface area contributed by atoms with Crippen LogP contribution in [0.4, 0.5) is 5.95 Å². The van der Waals surface area contributed by atoms with Crippen molar-refractivity contribution in [2.75, 3.05) is 32.6 Å². The van der Waals surface area contributed by atoms with Gasteiger partial charge in [0, 0.05) is 41.8 Å². The van der Waals surface area contributed by atoms with E-state index in [1.807, 2.05) is 24.4 Å². The van der Waals surface area contributed by atoms with Gasteiger partial charge in [-0.25, -0.2) is 9.97 Å². The molecule has 0 bridgehead atoms. The van der Waals surface area contributed by atoms with Crippen LogP contribution < -0.4 is 5.32 Å². The van der Waals surface area contributed by atoms with Gasteiger partial charge in [0.2, 0.25) is 5.95 Å². The van der Waals surface area contributed by atoms with Crippen molar-refractivity contribution in [3.05, 3.63) is 28.9 Å². The van der Waals surface area contributed by atoms with Crippen LogP contribution in [0.1, 0.15) is 25.7 Å². The topological polar surface area (TPSA) is 50.3 Å². The zero-order chi connectivity index (χ0) is 16.9. The van der Waals surface area contributed by atoms with Crippen LogP contribution in [0, 0.1) is 0 Å². The molecule has 2 aromatic rings. The Morgan fingerprint density at radius 2 is 2.08 bits per heavy atom. The highest BCUT2D eigenvalue weighted by atomic mass is 79.9. The summed E-state index contributed by atoms with van der Waals surface area (Å²) >= 11 is 3.48. The van der Waals surface area contributed by atoms with Crippen LogP contribution in [0.3, 0.4) is 0 Å². The molecule has 130 valence electrons. The predicted octanol–water partition coefficient (Wildman–Crippen LogP) is 3.69. The lowest BCUT2D eigenvalue weighted by atomic mass is 9.90. The Labute approximate surface area is 151 Å². The van der Waals surface area contributed by atoms with Gasteiger partial charge < -0.3 is 15.0 Å². The molecule has 0 amide bonds. The van der Waals surface area contributed by atoms with Crippen LogP contribution in [-0.4, -0.2) is 54.3 Å². The number of benzene rings is 1. The van der Waals surface area contributed by atoms with Crippen molar-refractivity contribution in [1.82, 2.24) is 14.9 Å². The molecule has 0 saturated heterocycles. The maximum Gasteiger partial charge on any atom is 0.223 e. The van der Waals surface area contributed by atoms with Gasteiger partial charge in [-0.2, -0.15) is 0 Å². The van der Waals surface area contributed by atoms with E-state index in [4.69, 9.17) is 4.74 Å². The smallest absolute Gasteiger partial charge is 0.223 e. The third-order valence-corrected chi connectivity index (χ3v) is 5.34. The van der Waals surface area contributed by atoms with E-state index in [9.17, 15) is 0 Å². The summed E-state index contributed by atoms with van der Waals surface area (Å²) in [7, 11) is 3.96. The van der Waals surface area contributed by atoms with Crippen LogP contribution in [0.2, 0.25) is 0 Å². The van der Waals surface area contributed by atoms with Gasteiger partial charge in [-0.05, 0) is 50.9 Å². The number of rotatable bonds is 6. The Hall–Kier alpha value is -1.24. The van der Waals surface area contributed by atoms with Crippen LogP contribution in [0.5, 0.6) is 0 Å². The minimum absolute atomic E-state index is 0.463. The summed E-state index contributed by atoms with van der Waals surface area (Å²) in [5.41, 5.74) is 0.976. The summed E-state index contributed by atoms with van der Waals surface area (Å²) in [6.45, 7) is 1.80. The number of hydrogen-bond acceptors (Lipinski definition) is 5. The highest BCUT2D eigenvalue weighted by molar-refractivity contribution is 9.10. The minimum Gasteiger partial charge on any atom is -0.383 e. The van der Waals surface area contributed by atoms with Gasteiger partial charge in [0.25, 0.3) is 0 Å². The summed E-state index contributed by atoms with van der Waals surface area (Å²) in [6, 6.07) is 7.20. The Bertz CT molecular complexity index is 673. The first-order valence-electron chi connectivity index (χ1n) is 8.53. The lowest BCUT2D eigenvalue weighted by Gasteiger charge is -2.34. The largest absolute Gasteiger partial charge is 0.383 e. The van der Waals surface area contributed by atoms with Gasteiger partial charge in [-0.3, -0.25) is 0 Å². The number of ether oxygens (including phenoxy) is 1. The second kappa shape index (κ2) is 8.23. The zero-order valence-electron chi connectivity index (χ0n) is 14.3. The maximum absolute atomic E-state index is 5.17. The molecule has 6 heteroatoms. The lowest BCUT2D eigenvalue weighted by Crippen LogP contribution is -2.39. The third kappa shape index (κ3) is 4.43. The Kier molecular flexibility index (Phi) is 6.03. The first-order valence-corrected chi connectivity index (χ1v) is 9.33. The highest BCUT2D eigenvalue weighted by Gasteiger charge is 2.24. The Morgan fingerprint density at radius 1 is 1.29 bits per heavy atom. The molecule has 5 nitrogen and oxygen atoms in total. The molecular weight excluding hydrogens is 368 g/mol. The van der Waals surface area contributed by atoms with Gasteiger partial charge in [0.1, 0.15) is 0 Å². The number of hydrogen-bond donors (Lipinski definition) is 1. The van der Waals surface area contributed by atoms with Crippen molar-refractivity contribution in [2.24, 2.45) is 0 Å². The fourth-order valence-electron chi connectivity index (χ4n) is 3.34. The number of aromatic nitrogens is 2. The molecule has 1 aliphatic carbocycles. The van der Waals surface area contributed by atoms with Crippen LogP contribution in [0.25, 0.3) is 10.9 Å². The van der Waals surface area contributed by atoms with Crippen molar-refractivity contribution < 1.29 is 4.74 Å². The first kappa shape index (κ1) is 17.6. The number of nitrogens with zero attached hydrogens (tertiary/aromatic N) is 3. The van der Waals surface area contributed by atoms with Crippen molar-refractivity contribution in [3.63, 3.8) is 0 Å². The fraction of sp³-hybridized carbons (Fsp3) is 0.556. The van der Waals surface area contributed by atoms with Crippen molar-refractivity contribution in [1.29, 1.82) is 0 Å². The summed E-state index contributed by atoms with van der Waals surface area (Å²) in [6.07, 6.45) is 6.61. The molecule has 0 aliphatic heterocycles. The van der Waals surface area contributed by atoms with Gasteiger partial charge in [0.05, 0.1) is 12.1 Å². The molecule has 1 N–H and O–H groups in total. The molecule has 1 fully saturated rings. The SMILES string of the molecule is COCCN(C)C1CCC(Nc2ncc3cc(Br)ccc3n2)CC1. The van der Waals surface area contributed by atoms with Gasteiger partial charge >= 0.3 is 0 Å². The summed E-state index contributed by atoms with van der Waals surface area (Å²) in [5, 5.41) is 4.57. The van der Waals surface area contributed by atoms with Crippen molar-refractivity contribution >= 4 is 32.8 Å². The third-order valence-electron chi connectivity index (χ3n) is 4.84. The summed E-state index contributed by atoms with van der Waals surface area (Å²) in [4.78, 5) is 11.5. The number of anilines is 1. The van der Waals surface area contributed by atoms with E-state index in [0.717, 1.165) is 47.3 Å². The Morgan fingerprint density at radius 3 is 2.83 bits per heavy atom. The van der Waals surface area contributed by atoms with Crippen molar-refractivity contribution in [2.45, 2.75) is 37.8 Å². The van der Waals surface area contributed by atoms with E-state index < -0.39 is 0 Å². The number of nitrogens with one attached hydrogen (secondary N) is 1. The van der Waals surface area contributed by atoms with Gasteiger partial charge in [0.15, 0.2) is 0 Å². The molecule has 0 unspecified atom stereocenters. The average molecular weight is 393 g/mol. The highest BCUT2D eigenvalue weighted by Crippen LogP contribution is 2.25. The van der Waals surface area contributed by atoms with Gasteiger partial charge in [-0.1, -0.05) is 15.9 Å². The second-order valence-corrected chi connectivity index (χ2v) is 7.44. The average Bonchev–Trinajstić information content (AvgIpc) is 2.60. The Balaban J connectivity index is 1.55. The molecule has 1 aromatic carbocycles. The molecule has 1 saturated carbocycles. The number of halogens is 1. The van der Waals surface area contributed by atoms with Crippen LogP contribution in [0.15, 0.2) is 28.9 Å². The second-order valence-electron chi connectivity index (χ2n) is 6.52. The van der Waals surface area contributed by atoms with E-state index in [-0.39, 0.29) is 0 Å². The molecule has 24 heavy (non-hydrogen) atoms. The molecule has 1 heterocycles. The molecule has 1 aromatic heterocycles.